The molecule has 2 N–H and O–H groups in total. The van der Waals surface area contributed by atoms with Crippen LogP contribution in [-0.2, 0) is 18.3 Å². The predicted octanol–water partition coefficient (Wildman–Crippen LogP) is 2.85. The van der Waals surface area contributed by atoms with Gasteiger partial charge in [-0.25, -0.2) is 4.98 Å². The summed E-state index contributed by atoms with van der Waals surface area (Å²) in [7, 11) is 1.77. The molecule has 1 aliphatic rings. The number of pyridine rings is 1. The number of nitrogens with zero attached hydrogens (tertiary/aromatic N) is 2. The van der Waals surface area contributed by atoms with Gasteiger partial charge in [-0.2, -0.15) is 0 Å². The summed E-state index contributed by atoms with van der Waals surface area (Å²) < 4.78 is 12.9. The summed E-state index contributed by atoms with van der Waals surface area (Å²) >= 11 is 0. The maximum Gasteiger partial charge on any atom is 0.273 e. The van der Waals surface area contributed by atoms with Gasteiger partial charge in [0.05, 0.1) is 11.4 Å². The molecule has 0 spiro atoms. The van der Waals surface area contributed by atoms with Crippen LogP contribution in [0, 0.1) is 13.8 Å². The summed E-state index contributed by atoms with van der Waals surface area (Å²) in [4.78, 5) is 29.6. The fourth-order valence-electron chi connectivity index (χ4n) is 4.22. The van der Waals surface area contributed by atoms with E-state index in [-0.39, 0.29) is 17.5 Å². The summed E-state index contributed by atoms with van der Waals surface area (Å²) in [5.74, 6) is 1.42. The van der Waals surface area contributed by atoms with Crippen LogP contribution in [0.4, 0.5) is 0 Å². The zero-order valence-electron chi connectivity index (χ0n) is 18.4. The van der Waals surface area contributed by atoms with E-state index in [0.717, 1.165) is 40.3 Å². The van der Waals surface area contributed by atoms with E-state index in [0.29, 0.717) is 37.1 Å². The van der Waals surface area contributed by atoms with Gasteiger partial charge in [0.2, 0.25) is 5.91 Å². The number of aryl methyl sites for hydroxylation is 3. The van der Waals surface area contributed by atoms with Crippen molar-refractivity contribution in [1.82, 2.24) is 20.1 Å². The largest absolute Gasteiger partial charge is 0.486 e. The summed E-state index contributed by atoms with van der Waals surface area (Å²) in [6.07, 6.45) is 1.61. The molecule has 3 heterocycles. The number of amides is 1. The Morgan fingerprint density at radius 3 is 2.74 bits per heavy atom. The lowest BCUT2D eigenvalue weighted by Gasteiger charge is -2.22. The predicted molar refractivity (Wildman–Crippen MR) is 118 cm³/mol. The third-order valence-electron chi connectivity index (χ3n) is 5.89. The van der Waals surface area contributed by atoms with Crippen LogP contribution < -0.4 is 20.3 Å². The molecule has 0 saturated carbocycles. The molecule has 2 aromatic heterocycles. The molecule has 31 heavy (non-hydrogen) atoms. The first kappa shape index (κ1) is 21.0. The van der Waals surface area contributed by atoms with Gasteiger partial charge in [0.15, 0.2) is 17.1 Å². The number of fused-ring (bicyclic) bond motifs is 2. The van der Waals surface area contributed by atoms with Crippen molar-refractivity contribution >= 4 is 16.9 Å². The number of rotatable bonds is 6. The Balaban J connectivity index is 1.47. The van der Waals surface area contributed by atoms with Crippen molar-refractivity contribution in [3.8, 4) is 11.5 Å². The van der Waals surface area contributed by atoms with Gasteiger partial charge in [0.1, 0.15) is 13.2 Å². The Labute approximate surface area is 180 Å². The number of aromatic nitrogens is 3. The maximum absolute atomic E-state index is 12.7. The van der Waals surface area contributed by atoms with Crippen LogP contribution in [0.5, 0.6) is 11.5 Å². The van der Waals surface area contributed by atoms with Crippen molar-refractivity contribution in [2.24, 2.45) is 7.05 Å². The van der Waals surface area contributed by atoms with Gasteiger partial charge in [-0.05, 0) is 55.5 Å². The smallest absolute Gasteiger partial charge is 0.273 e. The number of carbonyl (C=O) groups excluding carboxylic acids is 1. The number of benzene rings is 1. The third-order valence-corrected chi connectivity index (χ3v) is 5.89. The van der Waals surface area contributed by atoms with Gasteiger partial charge in [-0.15, -0.1) is 0 Å². The summed E-state index contributed by atoms with van der Waals surface area (Å²) in [6, 6.07) is 5.69. The molecule has 0 fully saturated rings. The second-order valence-electron chi connectivity index (χ2n) is 7.93. The zero-order chi connectivity index (χ0) is 22.1. The molecular weight excluding hydrogens is 396 g/mol. The van der Waals surface area contributed by atoms with E-state index in [1.807, 2.05) is 39.0 Å². The van der Waals surface area contributed by atoms with Crippen LogP contribution in [0.25, 0.3) is 11.0 Å². The monoisotopic (exact) mass is 424 g/mol. The minimum atomic E-state index is -0.155. The van der Waals surface area contributed by atoms with E-state index in [2.05, 4.69) is 15.4 Å². The summed E-state index contributed by atoms with van der Waals surface area (Å²) in [5.41, 5.74) is 4.15. The fraction of sp³-hybridized carbons (Fsp3) is 0.435. The number of hydrogen-bond donors (Lipinski definition) is 2. The summed E-state index contributed by atoms with van der Waals surface area (Å²) in [5, 5.41) is 6.46. The molecular formula is C23H28N4O4. The van der Waals surface area contributed by atoms with Gasteiger partial charge < -0.3 is 14.8 Å². The number of hydrogen-bond acceptors (Lipinski definition) is 5. The molecule has 0 radical (unpaired) electrons. The van der Waals surface area contributed by atoms with Crippen LogP contribution in [0.3, 0.4) is 0 Å². The molecule has 1 aromatic carbocycles. The van der Waals surface area contributed by atoms with Crippen LogP contribution in [0.15, 0.2) is 23.0 Å². The number of carbonyl (C=O) groups is 1. The maximum atomic E-state index is 12.7. The summed E-state index contributed by atoms with van der Waals surface area (Å²) in [6.45, 7) is 6.95. The lowest BCUT2D eigenvalue weighted by Crippen LogP contribution is -2.28. The lowest BCUT2D eigenvalue weighted by molar-refractivity contribution is -0.121. The van der Waals surface area contributed by atoms with E-state index >= 15 is 0 Å². The Kier molecular flexibility index (Phi) is 5.71. The highest BCUT2D eigenvalue weighted by molar-refractivity contribution is 5.81. The first-order valence-electron chi connectivity index (χ1n) is 10.6. The SMILES string of the molecule is CC[C@H](NC(=O)CCc1c(C)nc2c(c1C)c(=O)[nH]n2C)c1ccc2c(c1)OCCO2. The Morgan fingerprint density at radius 1 is 1.26 bits per heavy atom. The van der Waals surface area contributed by atoms with E-state index < -0.39 is 0 Å². The van der Waals surface area contributed by atoms with Crippen molar-refractivity contribution < 1.29 is 14.3 Å². The Hall–Kier alpha value is -3.29. The zero-order valence-corrected chi connectivity index (χ0v) is 18.4. The molecule has 1 amide bonds. The molecule has 0 saturated heterocycles. The molecule has 1 aliphatic heterocycles. The molecule has 8 nitrogen and oxygen atoms in total. The standard InChI is InChI=1S/C23H28N4O4/c1-5-17(15-6-8-18-19(12-15)31-11-10-30-18)25-20(28)9-7-16-13(2)21-22(24-14(16)3)27(4)26-23(21)29/h6,8,12,17H,5,7,9-11H2,1-4H3,(H,25,28)(H,26,29)/t17-/m0/s1. The number of nitrogens with one attached hydrogen (secondary N) is 2. The van der Waals surface area contributed by atoms with Crippen molar-refractivity contribution in [3.05, 3.63) is 50.9 Å². The second-order valence-corrected chi connectivity index (χ2v) is 7.93. The van der Waals surface area contributed by atoms with Crippen LogP contribution >= 0.6 is 0 Å². The highest BCUT2D eigenvalue weighted by Crippen LogP contribution is 2.33. The number of H-pyrrole nitrogens is 1. The quantitative estimate of drug-likeness (QED) is 0.634. The van der Waals surface area contributed by atoms with Gasteiger partial charge in [-0.3, -0.25) is 19.4 Å². The lowest BCUT2D eigenvalue weighted by atomic mass is 9.99. The second kappa shape index (κ2) is 8.45. The van der Waals surface area contributed by atoms with Crippen LogP contribution in [0.1, 0.15) is 48.2 Å². The molecule has 8 heteroatoms. The molecule has 0 bridgehead atoms. The van der Waals surface area contributed by atoms with Crippen molar-refractivity contribution in [1.29, 1.82) is 0 Å². The molecule has 1 atom stereocenters. The van der Waals surface area contributed by atoms with Crippen molar-refractivity contribution in [2.75, 3.05) is 13.2 Å². The third kappa shape index (κ3) is 4.02. The normalized spacial score (nSPS) is 13.9. The average molecular weight is 425 g/mol. The van der Waals surface area contributed by atoms with E-state index in [1.54, 1.807) is 11.7 Å². The fourth-order valence-corrected chi connectivity index (χ4v) is 4.22. The van der Waals surface area contributed by atoms with Crippen LogP contribution in [-0.4, -0.2) is 33.9 Å². The first-order chi connectivity index (χ1) is 14.9. The molecule has 164 valence electrons. The Bertz CT molecular complexity index is 1190. The minimum Gasteiger partial charge on any atom is -0.486 e. The molecule has 4 rings (SSSR count). The first-order valence-corrected chi connectivity index (χ1v) is 10.6. The minimum absolute atomic E-state index is 0.0393. The van der Waals surface area contributed by atoms with Gasteiger partial charge in [0, 0.05) is 19.2 Å². The molecule has 0 unspecified atom stereocenters. The van der Waals surface area contributed by atoms with E-state index in [9.17, 15) is 9.59 Å². The van der Waals surface area contributed by atoms with Gasteiger partial charge in [-0.1, -0.05) is 13.0 Å². The topological polar surface area (TPSA) is 98.2 Å². The highest BCUT2D eigenvalue weighted by atomic mass is 16.6. The number of aromatic amines is 1. The highest BCUT2D eigenvalue weighted by Gasteiger charge is 2.19. The van der Waals surface area contributed by atoms with Crippen molar-refractivity contribution in [3.63, 3.8) is 0 Å². The number of ether oxygens (including phenoxy) is 2. The Morgan fingerprint density at radius 2 is 2.00 bits per heavy atom. The molecule has 3 aromatic rings. The van der Waals surface area contributed by atoms with Crippen molar-refractivity contribution in [2.45, 2.75) is 46.1 Å². The molecule has 0 aliphatic carbocycles. The van der Waals surface area contributed by atoms with Gasteiger partial charge in [0.25, 0.3) is 5.56 Å². The van der Waals surface area contributed by atoms with E-state index in [1.165, 1.54) is 0 Å². The van der Waals surface area contributed by atoms with E-state index in [4.69, 9.17) is 9.47 Å². The van der Waals surface area contributed by atoms with Gasteiger partial charge >= 0.3 is 0 Å². The average Bonchev–Trinajstić information content (AvgIpc) is 3.04. The van der Waals surface area contributed by atoms with Crippen LogP contribution in [0.2, 0.25) is 0 Å².